The third-order valence-corrected chi connectivity index (χ3v) is 8.06. The summed E-state index contributed by atoms with van der Waals surface area (Å²) < 4.78 is 28.0. The van der Waals surface area contributed by atoms with E-state index >= 15 is 0 Å². The Labute approximate surface area is 199 Å². The van der Waals surface area contributed by atoms with E-state index in [-0.39, 0.29) is 12.5 Å². The number of benzene rings is 2. The fourth-order valence-corrected chi connectivity index (χ4v) is 4.99. The molecule has 0 saturated heterocycles. The van der Waals surface area contributed by atoms with Crippen molar-refractivity contribution in [1.82, 2.24) is 9.62 Å². The Balaban J connectivity index is 1.96. The summed E-state index contributed by atoms with van der Waals surface area (Å²) in [5.74, 6) is 1.05. The lowest BCUT2D eigenvalue weighted by Crippen LogP contribution is -2.46. The van der Waals surface area contributed by atoms with Crippen LogP contribution in [0.15, 0.2) is 36.4 Å². The van der Waals surface area contributed by atoms with Crippen LogP contribution < -0.4 is 9.62 Å². The molecule has 0 atom stereocenters. The molecule has 0 aliphatic carbocycles. The molecule has 0 unspecified atom stereocenters. The van der Waals surface area contributed by atoms with Crippen LogP contribution >= 0.6 is 35.0 Å². The van der Waals surface area contributed by atoms with Crippen LogP contribution in [-0.4, -0.2) is 51.6 Å². The number of hydrogen-bond donors (Lipinski definition) is 1. The van der Waals surface area contributed by atoms with Gasteiger partial charge in [0.15, 0.2) is 0 Å². The van der Waals surface area contributed by atoms with Crippen molar-refractivity contribution in [2.24, 2.45) is 0 Å². The van der Waals surface area contributed by atoms with Crippen molar-refractivity contribution in [3.63, 3.8) is 0 Å². The third kappa shape index (κ3) is 7.29. The van der Waals surface area contributed by atoms with Crippen LogP contribution in [0, 0.1) is 13.8 Å². The predicted octanol–water partition coefficient (Wildman–Crippen LogP) is 4.27. The maximum atomic E-state index is 12.9. The summed E-state index contributed by atoms with van der Waals surface area (Å²) in [6, 6.07) is 11.0. The zero-order valence-electron chi connectivity index (χ0n) is 18.0. The molecule has 10 heteroatoms. The molecule has 0 aliphatic rings. The molecule has 0 radical (unpaired) electrons. The van der Waals surface area contributed by atoms with Gasteiger partial charge in [-0.1, -0.05) is 41.4 Å². The van der Waals surface area contributed by atoms with Crippen LogP contribution in [0.5, 0.6) is 0 Å². The van der Waals surface area contributed by atoms with Gasteiger partial charge in [0.25, 0.3) is 0 Å². The summed E-state index contributed by atoms with van der Waals surface area (Å²) in [5.41, 5.74) is 3.24. The summed E-state index contributed by atoms with van der Waals surface area (Å²) in [7, 11) is -0.929. The van der Waals surface area contributed by atoms with E-state index in [4.69, 9.17) is 23.2 Å². The van der Waals surface area contributed by atoms with Gasteiger partial charge in [0.2, 0.25) is 5.91 Å². The number of rotatable bonds is 10. The molecule has 2 rings (SSSR count). The lowest BCUT2D eigenvalue weighted by Gasteiger charge is -2.28. The molecule has 0 aromatic heterocycles. The molecular weight excluding hydrogens is 477 g/mol. The van der Waals surface area contributed by atoms with Gasteiger partial charge in [-0.25, -0.2) is 4.31 Å². The highest BCUT2D eigenvalue weighted by Crippen LogP contribution is 2.26. The number of amides is 1. The minimum absolute atomic E-state index is 0.289. The Morgan fingerprint density at radius 1 is 1.06 bits per heavy atom. The van der Waals surface area contributed by atoms with Crippen molar-refractivity contribution in [2.45, 2.75) is 19.6 Å². The molecule has 0 bridgehead atoms. The first-order chi connectivity index (χ1) is 14.5. The molecule has 2 aromatic carbocycles. The number of anilines is 1. The summed E-state index contributed by atoms with van der Waals surface area (Å²) >= 11 is 13.6. The molecule has 0 aliphatic heterocycles. The monoisotopic (exact) mass is 503 g/mol. The van der Waals surface area contributed by atoms with Crippen LogP contribution in [0.3, 0.4) is 0 Å². The van der Waals surface area contributed by atoms with E-state index in [1.807, 2.05) is 38.1 Å². The Bertz CT molecular complexity index is 1030. The van der Waals surface area contributed by atoms with Crippen molar-refractivity contribution in [1.29, 1.82) is 0 Å². The van der Waals surface area contributed by atoms with E-state index in [0.717, 1.165) is 31.1 Å². The highest BCUT2D eigenvalue weighted by Gasteiger charge is 2.28. The summed E-state index contributed by atoms with van der Waals surface area (Å²) in [6.07, 6.45) is 0. The van der Waals surface area contributed by atoms with Crippen molar-refractivity contribution in [3.05, 3.63) is 63.1 Å². The van der Waals surface area contributed by atoms with Gasteiger partial charge in [0.1, 0.15) is 6.54 Å². The van der Waals surface area contributed by atoms with Crippen LogP contribution in [0.25, 0.3) is 0 Å². The van der Waals surface area contributed by atoms with E-state index in [1.165, 1.54) is 14.1 Å². The normalized spacial score (nSPS) is 11.6. The maximum Gasteiger partial charge on any atom is 0.304 e. The van der Waals surface area contributed by atoms with E-state index in [2.05, 4.69) is 5.32 Å². The first kappa shape index (κ1) is 25.8. The van der Waals surface area contributed by atoms with Crippen molar-refractivity contribution < 1.29 is 13.2 Å². The van der Waals surface area contributed by atoms with E-state index in [9.17, 15) is 13.2 Å². The Kier molecular flexibility index (Phi) is 9.51. The lowest BCUT2D eigenvalue weighted by molar-refractivity contribution is -0.119. The maximum absolute atomic E-state index is 12.9. The van der Waals surface area contributed by atoms with Gasteiger partial charge in [-0.15, -0.1) is 0 Å². The van der Waals surface area contributed by atoms with Crippen molar-refractivity contribution in [2.75, 3.05) is 37.2 Å². The van der Waals surface area contributed by atoms with E-state index in [0.29, 0.717) is 28.0 Å². The van der Waals surface area contributed by atoms with Crippen LogP contribution in [0.2, 0.25) is 10.0 Å². The Morgan fingerprint density at radius 2 is 1.77 bits per heavy atom. The average molecular weight is 505 g/mol. The summed E-state index contributed by atoms with van der Waals surface area (Å²) in [6.45, 7) is 3.84. The second-order valence-corrected chi connectivity index (χ2v) is 11.2. The quantitative estimate of drug-likeness (QED) is 0.491. The highest BCUT2D eigenvalue weighted by molar-refractivity contribution is 7.98. The molecule has 0 fully saturated rings. The van der Waals surface area contributed by atoms with Gasteiger partial charge >= 0.3 is 10.2 Å². The fraction of sp³-hybridized carbons (Fsp3) is 0.381. The van der Waals surface area contributed by atoms with Gasteiger partial charge in [-0.05, 0) is 48.7 Å². The minimum Gasteiger partial charge on any atom is -0.354 e. The number of carbonyl (C=O) groups excluding carboxylic acids is 1. The standard InChI is InChI=1S/C21H27Cl2N3O3S2/c1-15-5-6-16(2)20(11-15)26(31(28,29)25(3)4)13-21(27)24-9-10-30-14-17-7-8-18(22)19(23)12-17/h5-8,11-12H,9-10,13-14H2,1-4H3,(H,24,27). The third-order valence-electron chi connectivity index (χ3n) is 4.48. The SMILES string of the molecule is Cc1ccc(C)c(N(CC(=O)NCCSCc2ccc(Cl)c(Cl)c2)S(=O)(=O)N(C)C)c1. The number of aryl methyl sites for hydroxylation is 2. The summed E-state index contributed by atoms with van der Waals surface area (Å²) in [4.78, 5) is 12.5. The zero-order valence-corrected chi connectivity index (χ0v) is 21.1. The Hall–Kier alpha value is -1.45. The molecule has 170 valence electrons. The lowest BCUT2D eigenvalue weighted by atomic mass is 10.1. The van der Waals surface area contributed by atoms with Crippen molar-refractivity contribution >= 4 is 56.8 Å². The smallest absolute Gasteiger partial charge is 0.304 e. The molecule has 31 heavy (non-hydrogen) atoms. The molecule has 0 spiro atoms. The number of halogens is 2. The van der Waals surface area contributed by atoms with Gasteiger partial charge in [0.05, 0.1) is 15.7 Å². The van der Waals surface area contributed by atoms with Gasteiger partial charge in [0, 0.05) is 32.1 Å². The molecule has 0 heterocycles. The number of hydrogen-bond acceptors (Lipinski definition) is 4. The van der Waals surface area contributed by atoms with Gasteiger partial charge in [-0.3, -0.25) is 4.79 Å². The molecule has 2 aromatic rings. The molecule has 1 N–H and O–H groups in total. The average Bonchev–Trinajstić information content (AvgIpc) is 2.70. The van der Waals surface area contributed by atoms with Gasteiger partial charge < -0.3 is 5.32 Å². The largest absolute Gasteiger partial charge is 0.354 e. The highest BCUT2D eigenvalue weighted by atomic mass is 35.5. The van der Waals surface area contributed by atoms with Crippen molar-refractivity contribution in [3.8, 4) is 0 Å². The van der Waals surface area contributed by atoms with Crippen LogP contribution in [0.4, 0.5) is 5.69 Å². The molecule has 0 saturated carbocycles. The number of nitrogens with one attached hydrogen (secondary N) is 1. The summed E-state index contributed by atoms with van der Waals surface area (Å²) in [5, 5.41) is 3.84. The topological polar surface area (TPSA) is 69.7 Å². The first-order valence-corrected chi connectivity index (χ1v) is 12.9. The fourth-order valence-electron chi connectivity index (χ4n) is 2.74. The van der Waals surface area contributed by atoms with E-state index < -0.39 is 10.2 Å². The van der Waals surface area contributed by atoms with Crippen LogP contribution in [0.1, 0.15) is 16.7 Å². The molecular formula is C21H27Cl2N3O3S2. The predicted molar refractivity (Wildman–Crippen MR) is 132 cm³/mol. The second kappa shape index (κ2) is 11.4. The van der Waals surface area contributed by atoms with Gasteiger partial charge in [-0.2, -0.15) is 24.5 Å². The molecule has 6 nitrogen and oxygen atoms in total. The van der Waals surface area contributed by atoms with E-state index in [1.54, 1.807) is 23.9 Å². The number of carbonyl (C=O) groups is 1. The zero-order chi connectivity index (χ0) is 23.2. The number of nitrogens with zero attached hydrogens (tertiary/aromatic N) is 2. The first-order valence-electron chi connectivity index (χ1n) is 9.58. The Morgan fingerprint density at radius 3 is 2.42 bits per heavy atom. The molecule has 1 amide bonds. The second-order valence-electron chi connectivity index (χ2n) is 7.24. The minimum atomic E-state index is -3.83. The number of thioether (sulfide) groups is 1. The van der Waals surface area contributed by atoms with Crippen LogP contribution in [-0.2, 0) is 20.8 Å².